The first-order chi connectivity index (χ1) is 12.1. The fraction of sp³-hybridized carbons (Fsp3) is 0.632. The molecule has 4 N–H and O–H groups in total. The number of amides is 2. The van der Waals surface area contributed by atoms with Gasteiger partial charge in [0.25, 0.3) is 0 Å². The van der Waals surface area contributed by atoms with Crippen molar-refractivity contribution in [2.45, 2.75) is 57.9 Å². The van der Waals surface area contributed by atoms with Gasteiger partial charge in [0.15, 0.2) is 0 Å². The summed E-state index contributed by atoms with van der Waals surface area (Å²) in [5.74, 6) is 1.37. The summed E-state index contributed by atoms with van der Waals surface area (Å²) in [5.41, 5.74) is 0.857. The number of carbonyl (C=O) groups excluding carboxylic acids is 1. The summed E-state index contributed by atoms with van der Waals surface area (Å²) in [4.78, 5) is 12.0. The zero-order chi connectivity index (χ0) is 19.4. The molecule has 0 aromatic heterocycles. The second-order valence-corrected chi connectivity index (χ2v) is 9.86. The highest BCUT2D eigenvalue weighted by molar-refractivity contribution is 7.89. The minimum absolute atomic E-state index is 0.0405. The monoisotopic (exact) mass is 381 g/mol. The van der Waals surface area contributed by atoms with E-state index in [9.17, 15) is 13.2 Å². The lowest BCUT2D eigenvalue weighted by Crippen LogP contribution is -2.37. The highest BCUT2D eigenvalue weighted by atomic mass is 32.2. The lowest BCUT2D eigenvalue weighted by atomic mass is 9.67. The standard InChI is InChI=1S/C19H31N3O3S/c1-14-10-15(12-19(2,3)11-14)8-9-21-18(23)22-13-16-6-4-5-7-17(16)26(20,24)25/h4-7,14-15H,8-13H2,1-3H3,(H2,20,24,25)(H2,21,22,23). The van der Waals surface area contributed by atoms with Crippen LogP contribution >= 0.6 is 0 Å². The summed E-state index contributed by atoms with van der Waals surface area (Å²) in [7, 11) is -3.80. The van der Waals surface area contributed by atoms with Crippen LogP contribution in [0.4, 0.5) is 4.79 Å². The van der Waals surface area contributed by atoms with Crippen molar-refractivity contribution in [1.29, 1.82) is 0 Å². The van der Waals surface area contributed by atoms with E-state index >= 15 is 0 Å². The smallest absolute Gasteiger partial charge is 0.315 e. The van der Waals surface area contributed by atoms with E-state index < -0.39 is 10.0 Å². The van der Waals surface area contributed by atoms with Crippen LogP contribution in [0, 0.1) is 17.3 Å². The van der Waals surface area contributed by atoms with Crippen LogP contribution in [0.15, 0.2) is 29.2 Å². The molecule has 2 atom stereocenters. The second-order valence-electron chi connectivity index (χ2n) is 8.33. The van der Waals surface area contributed by atoms with Crippen molar-refractivity contribution in [3.05, 3.63) is 29.8 Å². The Morgan fingerprint density at radius 2 is 1.92 bits per heavy atom. The predicted molar refractivity (Wildman–Crippen MR) is 103 cm³/mol. The molecule has 6 nitrogen and oxygen atoms in total. The number of primary sulfonamides is 1. The summed E-state index contributed by atoms with van der Waals surface area (Å²) < 4.78 is 23.1. The Balaban J connectivity index is 1.78. The van der Waals surface area contributed by atoms with E-state index in [0.29, 0.717) is 23.4 Å². The zero-order valence-corrected chi connectivity index (χ0v) is 16.7. The van der Waals surface area contributed by atoms with Gasteiger partial charge in [-0.2, -0.15) is 0 Å². The van der Waals surface area contributed by atoms with Gasteiger partial charge >= 0.3 is 6.03 Å². The molecule has 0 aliphatic heterocycles. The highest BCUT2D eigenvalue weighted by Gasteiger charge is 2.31. The van der Waals surface area contributed by atoms with E-state index in [4.69, 9.17) is 5.14 Å². The topological polar surface area (TPSA) is 101 Å². The first kappa shape index (κ1) is 20.7. The van der Waals surface area contributed by atoms with E-state index in [-0.39, 0.29) is 17.5 Å². The van der Waals surface area contributed by atoms with Gasteiger partial charge in [-0.15, -0.1) is 0 Å². The van der Waals surface area contributed by atoms with E-state index in [1.807, 2.05) is 0 Å². The van der Waals surface area contributed by atoms with Crippen molar-refractivity contribution in [3.63, 3.8) is 0 Å². The van der Waals surface area contributed by atoms with Gasteiger partial charge in [-0.25, -0.2) is 18.4 Å². The van der Waals surface area contributed by atoms with E-state index in [1.54, 1.807) is 18.2 Å². The molecule has 7 heteroatoms. The average Bonchev–Trinajstić information content (AvgIpc) is 2.50. The van der Waals surface area contributed by atoms with E-state index in [1.165, 1.54) is 25.3 Å². The number of hydrogen-bond donors (Lipinski definition) is 3. The highest BCUT2D eigenvalue weighted by Crippen LogP contribution is 2.42. The first-order valence-electron chi connectivity index (χ1n) is 9.19. The summed E-state index contributed by atoms with van der Waals surface area (Å²) in [5, 5.41) is 10.8. The quantitative estimate of drug-likeness (QED) is 0.706. The van der Waals surface area contributed by atoms with Crippen LogP contribution in [0.3, 0.4) is 0 Å². The van der Waals surface area contributed by atoms with Gasteiger partial charge in [0.2, 0.25) is 10.0 Å². The molecular weight excluding hydrogens is 350 g/mol. The first-order valence-corrected chi connectivity index (χ1v) is 10.7. The number of carbonyl (C=O) groups is 1. The predicted octanol–water partition coefficient (Wildman–Crippen LogP) is 2.99. The lowest BCUT2D eigenvalue weighted by molar-refractivity contribution is 0.127. The van der Waals surface area contributed by atoms with Crippen molar-refractivity contribution >= 4 is 16.1 Å². The molecule has 146 valence electrons. The van der Waals surface area contributed by atoms with Gasteiger partial charge in [-0.3, -0.25) is 0 Å². The van der Waals surface area contributed by atoms with Crippen molar-refractivity contribution in [3.8, 4) is 0 Å². The van der Waals surface area contributed by atoms with Crippen molar-refractivity contribution in [1.82, 2.24) is 10.6 Å². The Morgan fingerprint density at radius 1 is 1.23 bits per heavy atom. The zero-order valence-electron chi connectivity index (χ0n) is 15.9. The number of nitrogens with one attached hydrogen (secondary N) is 2. The summed E-state index contributed by atoms with van der Waals surface area (Å²) in [6, 6.07) is 6.12. The number of sulfonamides is 1. The molecule has 1 aliphatic rings. The molecular formula is C19H31N3O3S. The minimum atomic E-state index is -3.80. The van der Waals surface area contributed by atoms with Crippen LogP contribution in [-0.4, -0.2) is 21.0 Å². The van der Waals surface area contributed by atoms with Crippen LogP contribution in [-0.2, 0) is 16.6 Å². The SMILES string of the molecule is CC1CC(CCNC(=O)NCc2ccccc2S(N)(=O)=O)CC(C)(C)C1. The number of rotatable bonds is 6. The van der Waals surface area contributed by atoms with Crippen LogP contribution in [0.5, 0.6) is 0 Å². The molecule has 1 aliphatic carbocycles. The van der Waals surface area contributed by atoms with Gasteiger partial charge < -0.3 is 10.6 Å². The second kappa shape index (κ2) is 8.39. The Labute approximate surface area is 157 Å². The number of urea groups is 1. The van der Waals surface area contributed by atoms with Crippen LogP contribution in [0.1, 0.15) is 52.0 Å². The molecule has 1 aromatic carbocycles. The third-order valence-corrected chi connectivity index (χ3v) is 6.05. The molecule has 2 amide bonds. The largest absolute Gasteiger partial charge is 0.338 e. The van der Waals surface area contributed by atoms with Crippen LogP contribution in [0.2, 0.25) is 0 Å². The Hall–Kier alpha value is -1.60. The lowest BCUT2D eigenvalue weighted by Gasteiger charge is -2.39. The van der Waals surface area contributed by atoms with Crippen LogP contribution in [0.25, 0.3) is 0 Å². The summed E-state index contributed by atoms with van der Waals surface area (Å²) >= 11 is 0. The molecule has 0 heterocycles. The Morgan fingerprint density at radius 3 is 2.58 bits per heavy atom. The van der Waals surface area contributed by atoms with Crippen molar-refractivity contribution in [2.24, 2.45) is 22.4 Å². The van der Waals surface area contributed by atoms with Crippen molar-refractivity contribution in [2.75, 3.05) is 6.54 Å². The minimum Gasteiger partial charge on any atom is -0.338 e. The third kappa shape index (κ3) is 6.29. The van der Waals surface area contributed by atoms with Crippen LogP contribution < -0.4 is 15.8 Å². The van der Waals surface area contributed by atoms with Gasteiger partial charge in [0, 0.05) is 13.1 Å². The molecule has 1 saturated carbocycles. The third-order valence-electron chi connectivity index (χ3n) is 5.03. The maximum Gasteiger partial charge on any atom is 0.315 e. The molecule has 0 radical (unpaired) electrons. The maximum atomic E-state index is 12.0. The number of nitrogens with two attached hydrogens (primary N) is 1. The fourth-order valence-electron chi connectivity index (χ4n) is 4.32. The molecule has 1 aromatic rings. The van der Waals surface area contributed by atoms with E-state index in [2.05, 4.69) is 31.4 Å². The van der Waals surface area contributed by atoms with Gasteiger partial charge in [0.05, 0.1) is 4.90 Å². The maximum absolute atomic E-state index is 12.0. The average molecular weight is 382 g/mol. The molecule has 1 fully saturated rings. The molecule has 0 bridgehead atoms. The van der Waals surface area contributed by atoms with Crippen molar-refractivity contribution < 1.29 is 13.2 Å². The van der Waals surface area contributed by atoms with Gasteiger partial charge in [0.1, 0.15) is 0 Å². The molecule has 2 rings (SSSR count). The number of hydrogen-bond acceptors (Lipinski definition) is 3. The molecule has 0 saturated heterocycles. The van der Waals surface area contributed by atoms with Gasteiger partial charge in [-0.1, -0.05) is 39.0 Å². The summed E-state index contributed by atoms with van der Waals surface area (Å²) in [6.45, 7) is 7.68. The fourth-order valence-corrected chi connectivity index (χ4v) is 5.09. The normalized spacial score (nSPS) is 22.6. The number of benzene rings is 1. The Kier molecular flexibility index (Phi) is 6.69. The molecule has 26 heavy (non-hydrogen) atoms. The molecule has 2 unspecified atom stereocenters. The molecule has 0 spiro atoms. The Bertz CT molecular complexity index is 731. The van der Waals surface area contributed by atoms with E-state index in [0.717, 1.165) is 12.3 Å². The summed E-state index contributed by atoms with van der Waals surface area (Å²) in [6.07, 6.45) is 4.65. The van der Waals surface area contributed by atoms with Gasteiger partial charge in [-0.05, 0) is 54.6 Å².